The first-order valence-electron chi connectivity index (χ1n) is 0.717. The van der Waals surface area contributed by atoms with Crippen LogP contribution in [0.3, 0.4) is 0 Å². The van der Waals surface area contributed by atoms with Crippen molar-refractivity contribution in [1.29, 1.82) is 0 Å². The summed E-state index contributed by atoms with van der Waals surface area (Å²) in [6.07, 6.45) is 0. The summed E-state index contributed by atoms with van der Waals surface area (Å²) in [5, 5.41) is 0. The zero-order chi connectivity index (χ0) is 4.50. The molecule has 0 radical (unpaired) electrons. The fourth-order valence-electron chi connectivity index (χ4n) is 0. The van der Waals surface area contributed by atoms with Gasteiger partial charge in [-0.2, -0.15) is 0 Å². The van der Waals surface area contributed by atoms with Gasteiger partial charge in [-0.25, -0.2) is 0 Å². The minimum absolute atomic E-state index is 0. The van der Waals surface area contributed by atoms with Crippen LogP contribution in [0.1, 0.15) is 0 Å². The van der Waals surface area contributed by atoms with Crippen molar-refractivity contribution in [2.45, 2.75) is 0 Å². The van der Waals surface area contributed by atoms with E-state index in [-0.39, 0.29) is 138 Å². The monoisotopic (exact) mass is 470 g/mol. The third kappa shape index (κ3) is 35.9. The summed E-state index contributed by atoms with van der Waals surface area (Å²) in [4.78, 5) is 0. The molecule has 0 spiro atoms. The van der Waals surface area contributed by atoms with Crippen LogP contribution in [0.5, 0.6) is 0 Å². The maximum atomic E-state index is 8.96. The summed E-state index contributed by atoms with van der Waals surface area (Å²) in [5.74, 6) is 0. The van der Waals surface area contributed by atoms with E-state index < -0.39 is 18.5 Å². The van der Waals surface area contributed by atoms with Crippen LogP contribution in [0.2, 0.25) is 0 Å². The molecule has 0 bridgehead atoms. The molecule has 0 heterocycles. The Labute approximate surface area is 168 Å². The van der Waals surface area contributed by atoms with Gasteiger partial charge < -0.3 is 0 Å². The van der Waals surface area contributed by atoms with E-state index in [1.165, 1.54) is 0 Å². The van der Waals surface area contributed by atoms with Gasteiger partial charge in [-0.15, -0.1) is 0 Å². The number of hydrogen-bond acceptors (Lipinski definition) is 3. The molecule has 0 unspecified atom stereocenters. The molecule has 0 aromatic rings. The standard InChI is InChI=1S/ClH.2Cs.3O.Sb/h1H;;;;;;/q;2*+1;;2*-1;+1/p-1. The Kier molecular flexibility index (Phi) is 23.0. The van der Waals surface area contributed by atoms with Crippen LogP contribution in [0.15, 0.2) is 0 Å². The van der Waals surface area contributed by atoms with E-state index in [1.54, 1.807) is 0 Å². The number of hydrogen-bond donors (Lipinski definition) is 0. The summed E-state index contributed by atoms with van der Waals surface area (Å²) >= 11 is -5.38. The van der Waals surface area contributed by atoms with Gasteiger partial charge >= 0.3 is 175 Å². The van der Waals surface area contributed by atoms with Crippen LogP contribution in [0, 0.1) is 0 Å². The first-order valence-corrected chi connectivity index (χ1v) is 7.08. The maximum absolute atomic E-state index is 8.96. The molecule has 0 atom stereocenters. The molecule has 0 fully saturated rings. The van der Waals surface area contributed by atoms with Crippen LogP contribution >= 0.6 is 8.83 Å². The minimum atomic E-state index is -5.38. The molecular formula is ClCs2O3Sb. The van der Waals surface area contributed by atoms with Crippen molar-refractivity contribution in [2.24, 2.45) is 0 Å². The zero-order valence-corrected chi connectivity index (χ0v) is 19.9. The third-order valence-corrected chi connectivity index (χ3v) is 0. The van der Waals surface area contributed by atoms with Gasteiger partial charge in [0, 0.05) is 0 Å². The van der Waals surface area contributed by atoms with Crippen molar-refractivity contribution in [1.82, 2.24) is 0 Å². The zero-order valence-electron chi connectivity index (χ0n) is 4.05. The summed E-state index contributed by atoms with van der Waals surface area (Å²) in [5.41, 5.74) is 0. The molecule has 3 nitrogen and oxygen atoms in total. The third-order valence-electron chi connectivity index (χ3n) is 0. The molecule has 0 rings (SSSR count). The van der Waals surface area contributed by atoms with Crippen molar-refractivity contribution >= 4 is 27.3 Å². The van der Waals surface area contributed by atoms with Crippen LogP contribution in [0.25, 0.3) is 0 Å². The predicted molar refractivity (Wildman–Crippen MR) is 12.3 cm³/mol. The Bertz CT molecular complexity index is 59.1. The molecular weight excluding hydrogens is 471 g/mol. The Morgan fingerprint density at radius 3 is 1.29 bits per heavy atom. The van der Waals surface area contributed by atoms with Gasteiger partial charge in [0.2, 0.25) is 0 Å². The Hall–Kier alpha value is 4.93. The second kappa shape index (κ2) is 9.02. The van der Waals surface area contributed by atoms with E-state index in [2.05, 4.69) is 8.83 Å². The SMILES string of the molecule is [Cs+].[Cs+].[O]=[Sb]([O-])([O-])[Cl]. The topological polar surface area (TPSA) is 63.2 Å². The molecule has 0 saturated heterocycles. The fraction of sp³-hybridized carbons (Fsp3) is 0. The van der Waals surface area contributed by atoms with Crippen molar-refractivity contribution in [2.75, 3.05) is 0 Å². The quantitative estimate of drug-likeness (QED) is 0.330. The average molecular weight is 471 g/mol. The molecule has 7 heteroatoms. The van der Waals surface area contributed by atoms with Crippen molar-refractivity contribution in [3.8, 4) is 0 Å². The summed E-state index contributed by atoms with van der Waals surface area (Å²) < 4.78 is 26.9. The predicted octanol–water partition coefficient (Wildman–Crippen LogP) is -8.18. The van der Waals surface area contributed by atoms with E-state index >= 15 is 0 Å². The van der Waals surface area contributed by atoms with Gasteiger partial charge in [0.1, 0.15) is 0 Å². The average Bonchev–Trinajstić information content (AvgIpc) is 0.722. The summed E-state index contributed by atoms with van der Waals surface area (Å²) in [6.45, 7) is 0. The number of halogens is 1. The molecule has 0 aliphatic rings. The molecule has 0 aliphatic carbocycles. The van der Waals surface area contributed by atoms with Crippen molar-refractivity contribution < 1.29 is 148 Å². The van der Waals surface area contributed by atoms with E-state index in [0.717, 1.165) is 0 Å². The van der Waals surface area contributed by atoms with Gasteiger partial charge in [-0.1, -0.05) is 0 Å². The van der Waals surface area contributed by atoms with Crippen molar-refractivity contribution in [3.05, 3.63) is 0 Å². The van der Waals surface area contributed by atoms with Crippen molar-refractivity contribution in [3.63, 3.8) is 0 Å². The van der Waals surface area contributed by atoms with Gasteiger partial charge in [0.15, 0.2) is 0 Å². The van der Waals surface area contributed by atoms with Gasteiger partial charge in [0.05, 0.1) is 0 Å². The van der Waals surface area contributed by atoms with Crippen LogP contribution < -0.4 is 145 Å². The molecule has 0 N–H and O–H groups in total. The van der Waals surface area contributed by atoms with E-state index in [1.807, 2.05) is 0 Å². The van der Waals surface area contributed by atoms with Gasteiger partial charge in [-0.05, 0) is 0 Å². The second-order valence-corrected chi connectivity index (χ2v) is 5.67. The Morgan fingerprint density at radius 2 is 1.29 bits per heavy atom. The molecule has 32 valence electrons. The fourth-order valence-corrected chi connectivity index (χ4v) is 0. The molecule has 7 heavy (non-hydrogen) atoms. The number of rotatable bonds is 0. The van der Waals surface area contributed by atoms with E-state index in [0.29, 0.717) is 0 Å². The second-order valence-electron chi connectivity index (χ2n) is 0.431. The molecule has 0 aromatic carbocycles. The van der Waals surface area contributed by atoms with E-state index in [9.17, 15) is 0 Å². The summed E-state index contributed by atoms with van der Waals surface area (Å²) in [7, 11) is 4.06. The normalized spacial score (nSPS) is 8.43. The first kappa shape index (κ1) is 17.9. The summed E-state index contributed by atoms with van der Waals surface area (Å²) in [6, 6.07) is 0. The molecule has 0 saturated carbocycles. The Morgan fingerprint density at radius 1 is 1.29 bits per heavy atom. The molecule has 0 amide bonds. The Balaban J connectivity index is -0.0000000800. The van der Waals surface area contributed by atoms with Gasteiger partial charge in [0.25, 0.3) is 0 Å². The van der Waals surface area contributed by atoms with Crippen LogP contribution in [0.4, 0.5) is 0 Å². The van der Waals surface area contributed by atoms with Crippen LogP contribution in [-0.4, -0.2) is 18.5 Å². The molecule has 0 aliphatic heterocycles. The van der Waals surface area contributed by atoms with E-state index in [4.69, 9.17) is 9.79 Å². The molecule has 0 aromatic heterocycles. The van der Waals surface area contributed by atoms with Crippen LogP contribution in [-0.2, 0) is 3.02 Å². The first-order chi connectivity index (χ1) is 2.00. The van der Waals surface area contributed by atoms with Gasteiger partial charge in [-0.3, -0.25) is 0 Å².